The molecule has 9 nitrogen and oxygen atoms in total. The van der Waals surface area contributed by atoms with Crippen molar-refractivity contribution in [2.24, 2.45) is 0 Å². The zero-order chi connectivity index (χ0) is 22.7. The molecule has 0 saturated carbocycles. The van der Waals surface area contributed by atoms with E-state index in [1.54, 1.807) is 12.1 Å². The van der Waals surface area contributed by atoms with Gasteiger partial charge in [0.15, 0.2) is 17.0 Å². The second-order valence-corrected chi connectivity index (χ2v) is 7.84. The van der Waals surface area contributed by atoms with Crippen molar-refractivity contribution in [2.45, 2.75) is 52.1 Å². The van der Waals surface area contributed by atoms with E-state index < -0.39 is 11.2 Å². The van der Waals surface area contributed by atoms with Crippen LogP contribution in [0, 0.1) is 5.82 Å². The maximum atomic E-state index is 13.3. The second-order valence-electron chi connectivity index (χ2n) is 7.49. The summed E-state index contributed by atoms with van der Waals surface area (Å²) in [5.41, 5.74) is 0.337. The average Bonchev–Trinajstić information content (AvgIpc) is 3.37. The first-order valence-electron chi connectivity index (χ1n) is 10.4. The number of fused-ring (bicyclic) bond motifs is 1. The van der Waals surface area contributed by atoms with E-state index in [0.717, 1.165) is 18.4 Å². The van der Waals surface area contributed by atoms with E-state index in [0.29, 0.717) is 37.5 Å². The zero-order valence-corrected chi connectivity index (χ0v) is 18.2. The van der Waals surface area contributed by atoms with Crippen molar-refractivity contribution < 1.29 is 8.91 Å². The largest absolute Gasteiger partial charge is 0.339 e. The van der Waals surface area contributed by atoms with Crippen LogP contribution >= 0.6 is 11.6 Å². The molecule has 3 heterocycles. The minimum atomic E-state index is -0.463. The molecule has 4 rings (SSSR count). The van der Waals surface area contributed by atoms with Gasteiger partial charge >= 0.3 is 5.69 Å². The van der Waals surface area contributed by atoms with Crippen LogP contribution in [0.3, 0.4) is 0 Å². The molecular weight excluding hydrogens is 439 g/mol. The Labute approximate surface area is 186 Å². The van der Waals surface area contributed by atoms with E-state index in [4.69, 9.17) is 16.1 Å². The number of unbranched alkanes of at least 4 members (excludes halogenated alkanes) is 1. The van der Waals surface area contributed by atoms with Gasteiger partial charge < -0.3 is 9.51 Å². The Bertz CT molecular complexity index is 1360. The molecule has 32 heavy (non-hydrogen) atoms. The Balaban J connectivity index is 1.48. The average molecular weight is 461 g/mol. The van der Waals surface area contributed by atoms with Gasteiger partial charge in [-0.05, 0) is 42.1 Å². The number of halogens is 2. The van der Waals surface area contributed by atoms with Crippen LogP contribution in [-0.2, 0) is 25.9 Å². The normalized spacial score (nSPS) is 11.5. The molecule has 0 amide bonds. The molecule has 1 aromatic carbocycles. The number of nitrogens with one attached hydrogen (secondary N) is 1. The van der Waals surface area contributed by atoms with Crippen molar-refractivity contribution in [2.75, 3.05) is 0 Å². The van der Waals surface area contributed by atoms with Crippen LogP contribution in [0.1, 0.15) is 43.5 Å². The summed E-state index contributed by atoms with van der Waals surface area (Å²) in [5.74, 6) is 0.511. The predicted molar refractivity (Wildman–Crippen MR) is 116 cm³/mol. The summed E-state index contributed by atoms with van der Waals surface area (Å²) in [7, 11) is 0. The monoisotopic (exact) mass is 460 g/mol. The topological polar surface area (TPSA) is 112 Å². The summed E-state index contributed by atoms with van der Waals surface area (Å²) in [5, 5.41) is 3.99. The molecule has 0 atom stereocenters. The SMILES string of the molecule is CCCCn1c(=O)n(CCCc2nc(Cc3cccc(F)c3)no2)c(=O)c2[nH]c(Cl)nc21. The molecule has 0 bridgehead atoms. The summed E-state index contributed by atoms with van der Waals surface area (Å²) < 4.78 is 21.2. The summed E-state index contributed by atoms with van der Waals surface area (Å²) in [6.45, 7) is 2.64. The van der Waals surface area contributed by atoms with Crippen molar-refractivity contribution >= 4 is 22.8 Å². The Hall–Kier alpha value is -3.27. The lowest BCUT2D eigenvalue weighted by Gasteiger charge is -2.10. The van der Waals surface area contributed by atoms with Gasteiger partial charge in [-0.15, -0.1) is 0 Å². The van der Waals surface area contributed by atoms with Crippen LogP contribution in [0.5, 0.6) is 0 Å². The lowest BCUT2D eigenvalue weighted by atomic mass is 10.1. The number of aromatic amines is 1. The molecule has 11 heteroatoms. The molecule has 1 N–H and O–H groups in total. The minimum absolute atomic E-state index is 0.0659. The number of H-pyrrole nitrogens is 1. The molecule has 0 radical (unpaired) electrons. The summed E-state index contributed by atoms with van der Waals surface area (Å²) >= 11 is 5.94. The quantitative estimate of drug-likeness (QED) is 0.384. The number of benzene rings is 1. The van der Waals surface area contributed by atoms with Gasteiger partial charge in [0.1, 0.15) is 5.82 Å². The van der Waals surface area contributed by atoms with Crippen LogP contribution < -0.4 is 11.2 Å². The summed E-state index contributed by atoms with van der Waals surface area (Å²) in [6.07, 6.45) is 2.84. The van der Waals surface area contributed by atoms with Gasteiger partial charge in [0.25, 0.3) is 5.56 Å². The summed E-state index contributed by atoms with van der Waals surface area (Å²) in [6, 6.07) is 6.20. The molecule has 0 saturated heterocycles. The van der Waals surface area contributed by atoms with E-state index >= 15 is 0 Å². The number of hydrogen-bond donors (Lipinski definition) is 1. The number of aryl methyl sites for hydroxylation is 2. The van der Waals surface area contributed by atoms with Gasteiger partial charge in [0.2, 0.25) is 11.2 Å². The number of rotatable bonds is 9. The van der Waals surface area contributed by atoms with Crippen LogP contribution in [0.4, 0.5) is 4.39 Å². The Kier molecular flexibility index (Phi) is 6.50. The van der Waals surface area contributed by atoms with Crippen LogP contribution in [0.15, 0.2) is 38.4 Å². The number of imidazole rings is 1. The first-order chi connectivity index (χ1) is 15.5. The van der Waals surface area contributed by atoms with Crippen molar-refractivity contribution in [1.29, 1.82) is 0 Å². The van der Waals surface area contributed by atoms with Gasteiger partial charge in [-0.3, -0.25) is 13.9 Å². The smallest absolute Gasteiger partial charge is 0.332 e. The Morgan fingerprint density at radius 2 is 1.97 bits per heavy atom. The zero-order valence-electron chi connectivity index (χ0n) is 17.5. The standard InChI is InChI=1S/C21H22ClFN6O3/c1-2-3-9-28-18-17(25-20(22)26-18)19(30)29(21(28)31)10-5-8-16-24-15(27-32-16)12-13-6-4-7-14(23)11-13/h4,6-7,11H,2-3,5,8-10,12H2,1H3,(H,25,26). The third-order valence-corrected chi connectivity index (χ3v) is 5.28. The van der Waals surface area contributed by atoms with E-state index in [1.807, 2.05) is 6.92 Å². The van der Waals surface area contributed by atoms with Crippen LogP contribution in [-0.4, -0.2) is 29.2 Å². The third kappa shape index (κ3) is 4.64. The highest BCUT2D eigenvalue weighted by Gasteiger charge is 2.17. The Morgan fingerprint density at radius 3 is 2.75 bits per heavy atom. The third-order valence-electron chi connectivity index (χ3n) is 5.10. The fraction of sp³-hybridized carbons (Fsp3) is 0.381. The molecule has 3 aromatic heterocycles. The molecule has 0 unspecified atom stereocenters. The highest BCUT2D eigenvalue weighted by atomic mass is 35.5. The number of nitrogens with zero attached hydrogens (tertiary/aromatic N) is 5. The second kappa shape index (κ2) is 9.47. The lowest BCUT2D eigenvalue weighted by molar-refractivity contribution is 0.367. The van der Waals surface area contributed by atoms with Crippen LogP contribution in [0.25, 0.3) is 11.2 Å². The number of hydrogen-bond acceptors (Lipinski definition) is 6. The van der Waals surface area contributed by atoms with E-state index in [1.165, 1.54) is 21.3 Å². The van der Waals surface area contributed by atoms with E-state index in [-0.39, 0.29) is 28.8 Å². The maximum Gasteiger partial charge on any atom is 0.332 e. The highest BCUT2D eigenvalue weighted by molar-refractivity contribution is 6.28. The van der Waals surface area contributed by atoms with E-state index in [9.17, 15) is 14.0 Å². The van der Waals surface area contributed by atoms with Gasteiger partial charge in [0, 0.05) is 25.9 Å². The van der Waals surface area contributed by atoms with Gasteiger partial charge in [0.05, 0.1) is 0 Å². The minimum Gasteiger partial charge on any atom is -0.339 e. The first kappa shape index (κ1) is 21.9. The molecule has 4 aromatic rings. The Morgan fingerprint density at radius 1 is 1.16 bits per heavy atom. The van der Waals surface area contributed by atoms with Gasteiger partial charge in [-0.25, -0.2) is 9.18 Å². The van der Waals surface area contributed by atoms with Crippen LogP contribution in [0.2, 0.25) is 5.28 Å². The maximum absolute atomic E-state index is 13.3. The highest BCUT2D eigenvalue weighted by Crippen LogP contribution is 2.12. The molecular formula is C21H22ClFN6O3. The van der Waals surface area contributed by atoms with Gasteiger partial charge in [-0.2, -0.15) is 9.97 Å². The molecule has 0 aliphatic heterocycles. The molecule has 0 spiro atoms. The van der Waals surface area contributed by atoms with Crippen molar-refractivity contribution in [3.63, 3.8) is 0 Å². The van der Waals surface area contributed by atoms with Crippen molar-refractivity contribution in [1.82, 2.24) is 29.2 Å². The number of aromatic nitrogens is 6. The molecule has 0 aliphatic rings. The molecule has 0 aliphatic carbocycles. The van der Waals surface area contributed by atoms with Crippen molar-refractivity contribution in [3.05, 3.63) is 73.5 Å². The summed E-state index contributed by atoms with van der Waals surface area (Å²) in [4.78, 5) is 36.9. The van der Waals surface area contributed by atoms with Gasteiger partial charge in [-0.1, -0.05) is 30.6 Å². The lowest BCUT2D eigenvalue weighted by Crippen LogP contribution is -2.40. The predicted octanol–water partition coefficient (Wildman–Crippen LogP) is 3.09. The van der Waals surface area contributed by atoms with E-state index in [2.05, 4.69) is 20.1 Å². The fourth-order valence-electron chi connectivity index (χ4n) is 3.53. The fourth-order valence-corrected chi connectivity index (χ4v) is 3.71. The molecule has 0 fully saturated rings. The first-order valence-corrected chi connectivity index (χ1v) is 10.8. The molecule has 168 valence electrons. The van der Waals surface area contributed by atoms with Crippen molar-refractivity contribution in [3.8, 4) is 0 Å².